The number of aromatic hydroxyl groups is 3. The van der Waals surface area contributed by atoms with Gasteiger partial charge >= 0.3 is 0 Å². The van der Waals surface area contributed by atoms with E-state index in [1.54, 1.807) is 6.07 Å². The minimum Gasteiger partial charge on any atom is -0.508 e. The van der Waals surface area contributed by atoms with Crippen molar-refractivity contribution in [2.45, 2.75) is 102 Å². The van der Waals surface area contributed by atoms with Gasteiger partial charge in [0.2, 0.25) is 0 Å². The summed E-state index contributed by atoms with van der Waals surface area (Å²) in [5.41, 5.74) is 1.37. The van der Waals surface area contributed by atoms with E-state index in [0.29, 0.717) is 35.9 Å². The first kappa shape index (κ1) is 21.8. The Bertz CT molecular complexity index is 704. The molecule has 0 unspecified atom stereocenters. The molecule has 0 heterocycles. The van der Waals surface area contributed by atoms with Gasteiger partial charge in [-0.1, -0.05) is 26.2 Å². The molecule has 1 aromatic rings. The maximum Gasteiger partial charge on any atom is 0.293 e. The van der Waals surface area contributed by atoms with Gasteiger partial charge in [0.1, 0.15) is 11.4 Å². The third-order valence-corrected chi connectivity index (χ3v) is 6.93. The fourth-order valence-electron chi connectivity index (χ4n) is 4.28. The monoisotopic (exact) mass is 404 g/mol. The van der Waals surface area contributed by atoms with Crippen molar-refractivity contribution in [3.8, 4) is 17.2 Å². The summed E-state index contributed by atoms with van der Waals surface area (Å²) in [4.78, 5) is 10.5. The van der Waals surface area contributed by atoms with Crippen LogP contribution in [0.4, 0.5) is 0 Å². The van der Waals surface area contributed by atoms with Gasteiger partial charge in [0, 0.05) is 11.1 Å². The van der Waals surface area contributed by atoms with E-state index in [1.165, 1.54) is 32.1 Å². The molecular formula is C24H36O5. The first-order valence-electron chi connectivity index (χ1n) is 11.3. The number of unbranched alkanes of at least 4 members (excludes halogenated alkanes) is 4. The van der Waals surface area contributed by atoms with Gasteiger partial charge in [-0.3, -0.25) is 4.79 Å². The molecule has 5 nitrogen and oxygen atoms in total. The third kappa shape index (κ3) is 6.03. The van der Waals surface area contributed by atoms with E-state index in [9.17, 15) is 20.1 Å². The summed E-state index contributed by atoms with van der Waals surface area (Å²) in [6.07, 6.45) is 13.9. The lowest BCUT2D eigenvalue weighted by Gasteiger charge is -2.15. The second-order valence-electron chi connectivity index (χ2n) is 9.56. The van der Waals surface area contributed by atoms with Crippen LogP contribution in [-0.2, 0) is 22.4 Å². The lowest BCUT2D eigenvalue weighted by atomic mass is 9.97. The van der Waals surface area contributed by atoms with E-state index < -0.39 is 0 Å². The number of phenolic OH excluding ortho intramolecular Hbond substituents is 3. The Labute approximate surface area is 174 Å². The van der Waals surface area contributed by atoms with E-state index in [4.69, 9.17) is 4.74 Å². The Morgan fingerprint density at radius 3 is 2.21 bits per heavy atom. The number of ether oxygens (including phenoxy) is 1. The highest BCUT2D eigenvalue weighted by Gasteiger charge is 2.44. The van der Waals surface area contributed by atoms with Crippen molar-refractivity contribution in [2.75, 3.05) is 0 Å². The summed E-state index contributed by atoms with van der Waals surface area (Å²) in [5, 5.41) is 31.1. The van der Waals surface area contributed by atoms with Crippen LogP contribution in [0.2, 0.25) is 0 Å². The minimum absolute atomic E-state index is 0.0576. The SMILES string of the molecule is CC1(CCCCCCc2cc(O)c(CCCCC3(OC=O)CC3)c(O)c2O)CC1. The Morgan fingerprint density at radius 1 is 0.897 bits per heavy atom. The molecule has 2 saturated carbocycles. The van der Waals surface area contributed by atoms with Gasteiger partial charge in [0.15, 0.2) is 11.5 Å². The fourth-order valence-corrected chi connectivity index (χ4v) is 4.28. The molecule has 0 aromatic heterocycles. The van der Waals surface area contributed by atoms with E-state index >= 15 is 0 Å². The molecule has 2 aliphatic carbocycles. The predicted octanol–water partition coefficient (Wildman–Crippen LogP) is 5.51. The van der Waals surface area contributed by atoms with Crippen LogP contribution in [0.15, 0.2) is 6.07 Å². The van der Waals surface area contributed by atoms with Crippen molar-refractivity contribution in [3.63, 3.8) is 0 Å². The number of phenols is 3. The molecule has 0 saturated heterocycles. The highest BCUT2D eigenvalue weighted by atomic mass is 16.5. The standard InChI is InChI=1S/C24H36O5/c1-23(12-13-23)10-6-3-2-4-8-18-16-20(26)19(22(28)21(18)27)9-5-7-11-24(14-15-24)29-17-25/h16-17,26-28H,2-15H2,1H3. The van der Waals surface area contributed by atoms with Crippen LogP contribution < -0.4 is 0 Å². The first-order chi connectivity index (χ1) is 13.9. The van der Waals surface area contributed by atoms with Crippen LogP contribution in [0.5, 0.6) is 17.2 Å². The molecule has 3 rings (SSSR count). The van der Waals surface area contributed by atoms with Crippen LogP contribution >= 0.6 is 0 Å². The van der Waals surface area contributed by atoms with E-state index in [0.717, 1.165) is 44.9 Å². The molecule has 2 aliphatic rings. The molecule has 2 fully saturated rings. The highest BCUT2D eigenvalue weighted by Crippen LogP contribution is 2.49. The normalized spacial score (nSPS) is 18.4. The maximum atomic E-state index is 10.5. The summed E-state index contributed by atoms with van der Waals surface area (Å²) in [6, 6.07) is 1.60. The van der Waals surface area contributed by atoms with Crippen molar-refractivity contribution < 1.29 is 24.9 Å². The molecule has 162 valence electrons. The van der Waals surface area contributed by atoms with Crippen molar-refractivity contribution >= 4 is 6.47 Å². The summed E-state index contributed by atoms with van der Waals surface area (Å²) in [6.45, 7) is 2.88. The molecule has 0 atom stereocenters. The number of carbonyl (C=O) groups excluding carboxylic acids is 1. The lowest BCUT2D eigenvalue weighted by Crippen LogP contribution is -2.12. The largest absolute Gasteiger partial charge is 0.508 e. The van der Waals surface area contributed by atoms with Crippen LogP contribution in [-0.4, -0.2) is 27.4 Å². The molecule has 0 aliphatic heterocycles. The molecule has 0 radical (unpaired) electrons. The zero-order chi connectivity index (χ0) is 20.9. The number of hydrogen-bond acceptors (Lipinski definition) is 5. The molecule has 0 spiro atoms. The molecule has 1 aromatic carbocycles. The van der Waals surface area contributed by atoms with Crippen molar-refractivity contribution in [2.24, 2.45) is 5.41 Å². The molecule has 0 amide bonds. The molecule has 3 N–H and O–H groups in total. The number of carbonyl (C=O) groups is 1. The zero-order valence-corrected chi connectivity index (χ0v) is 17.7. The van der Waals surface area contributed by atoms with E-state index in [1.807, 2.05) is 0 Å². The summed E-state index contributed by atoms with van der Waals surface area (Å²) < 4.78 is 5.14. The fraction of sp³-hybridized carbons (Fsp3) is 0.708. The van der Waals surface area contributed by atoms with Crippen LogP contribution in [0.25, 0.3) is 0 Å². The molecule has 5 heteroatoms. The Hall–Kier alpha value is -1.91. The Balaban J connectivity index is 1.41. The van der Waals surface area contributed by atoms with Crippen molar-refractivity contribution in [3.05, 3.63) is 17.2 Å². The summed E-state index contributed by atoms with van der Waals surface area (Å²) >= 11 is 0. The molecule has 29 heavy (non-hydrogen) atoms. The quantitative estimate of drug-likeness (QED) is 0.165. The van der Waals surface area contributed by atoms with Gasteiger partial charge in [-0.2, -0.15) is 0 Å². The summed E-state index contributed by atoms with van der Waals surface area (Å²) in [5.74, 6) is -0.222. The van der Waals surface area contributed by atoms with Gasteiger partial charge < -0.3 is 20.1 Å². The number of aryl methyl sites for hydroxylation is 1. The molecular weight excluding hydrogens is 368 g/mol. The van der Waals surface area contributed by atoms with E-state index in [2.05, 4.69) is 6.92 Å². The Kier molecular flexibility index (Phi) is 6.97. The second-order valence-corrected chi connectivity index (χ2v) is 9.56. The number of benzene rings is 1. The van der Waals surface area contributed by atoms with Gasteiger partial charge in [0.05, 0.1) is 0 Å². The smallest absolute Gasteiger partial charge is 0.293 e. The highest BCUT2D eigenvalue weighted by molar-refractivity contribution is 5.56. The van der Waals surface area contributed by atoms with Gasteiger partial charge in [-0.25, -0.2) is 0 Å². The van der Waals surface area contributed by atoms with Gasteiger partial charge in [-0.05, 0) is 82.1 Å². The number of rotatable bonds is 14. The van der Waals surface area contributed by atoms with Gasteiger partial charge in [0.25, 0.3) is 6.47 Å². The average Bonchev–Trinajstić information content (AvgIpc) is 3.61. The first-order valence-corrected chi connectivity index (χ1v) is 11.3. The molecule has 0 bridgehead atoms. The van der Waals surface area contributed by atoms with Gasteiger partial charge in [-0.15, -0.1) is 0 Å². The average molecular weight is 405 g/mol. The van der Waals surface area contributed by atoms with E-state index in [-0.39, 0.29) is 22.8 Å². The topological polar surface area (TPSA) is 87.0 Å². The Morgan fingerprint density at radius 2 is 1.55 bits per heavy atom. The van der Waals surface area contributed by atoms with Crippen molar-refractivity contribution in [1.82, 2.24) is 0 Å². The van der Waals surface area contributed by atoms with Crippen molar-refractivity contribution in [1.29, 1.82) is 0 Å². The second kappa shape index (κ2) is 9.27. The lowest BCUT2D eigenvalue weighted by molar-refractivity contribution is -0.135. The maximum absolute atomic E-state index is 10.5. The zero-order valence-electron chi connectivity index (χ0n) is 17.7. The van der Waals surface area contributed by atoms with Crippen LogP contribution in [0, 0.1) is 5.41 Å². The number of hydrogen-bond donors (Lipinski definition) is 3. The minimum atomic E-state index is -0.270. The predicted molar refractivity (Wildman–Crippen MR) is 112 cm³/mol. The summed E-state index contributed by atoms with van der Waals surface area (Å²) in [7, 11) is 0. The van der Waals surface area contributed by atoms with Crippen LogP contribution in [0.3, 0.4) is 0 Å². The third-order valence-electron chi connectivity index (χ3n) is 6.93. The van der Waals surface area contributed by atoms with Crippen LogP contribution in [0.1, 0.15) is 95.1 Å².